The van der Waals surface area contributed by atoms with Crippen molar-refractivity contribution in [2.75, 3.05) is 32.9 Å². The van der Waals surface area contributed by atoms with Crippen LogP contribution >= 0.6 is 11.8 Å². The summed E-state index contributed by atoms with van der Waals surface area (Å²) in [4.78, 5) is 2.28. The summed E-state index contributed by atoms with van der Waals surface area (Å²) < 4.78 is 2.28. The van der Waals surface area contributed by atoms with Gasteiger partial charge in [0, 0.05) is 13.8 Å². The summed E-state index contributed by atoms with van der Waals surface area (Å²) in [5, 5.41) is 1.44. The van der Waals surface area contributed by atoms with Crippen LogP contribution in [0.4, 0.5) is 0 Å². The van der Waals surface area contributed by atoms with Crippen molar-refractivity contribution in [3.8, 4) is 0 Å². The Morgan fingerprint density at radius 2 is 1.48 bits per heavy atom. The zero-order valence-electron chi connectivity index (χ0n) is 16.6. The van der Waals surface area contributed by atoms with Crippen molar-refractivity contribution >= 4 is 16.8 Å². The van der Waals surface area contributed by atoms with Gasteiger partial charge in [0.1, 0.15) is 0 Å². The summed E-state index contributed by atoms with van der Waals surface area (Å²) in [6, 6.07) is 0. The molecule has 0 saturated heterocycles. The molecule has 1 aliphatic heterocycles. The van der Waals surface area contributed by atoms with Crippen LogP contribution in [-0.2, 0) is 0 Å². The van der Waals surface area contributed by atoms with Crippen LogP contribution in [0.15, 0.2) is 0 Å². The summed E-state index contributed by atoms with van der Waals surface area (Å²) >= 11 is 1.94. The second kappa shape index (κ2) is 16.8. The predicted molar refractivity (Wildman–Crippen MR) is 109 cm³/mol. The number of hydrogen-bond donors (Lipinski definition) is 0. The van der Waals surface area contributed by atoms with Gasteiger partial charge in [0.25, 0.3) is 0 Å². The Bertz CT molecular complexity index is 287. The van der Waals surface area contributed by atoms with E-state index in [1.54, 1.807) is 0 Å². The summed E-state index contributed by atoms with van der Waals surface area (Å²) in [5.41, 5.74) is 0. The predicted octanol–water partition coefficient (Wildman–Crippen LogP) is 5.81. The molecular weight excluding hydrogens is 300 g/mol. The van der Waals surface area contributed by atoms with E-state index in [2.05, 4.69) is 50.9 Å². The van der Waals surface area contributed by atoms with Crippen molar-refractivity contribution in [2.24, 2.45) is 0 Å². The lowest BCUT2D eigenvalue weighted by molar-refractivity contribution is -0.475. The fourth-order valence-electron chi connectivity index (χ4n) is 2.76. The molecule has 3 heteroatoms. The third-order valence-electron chi connectivity index (χ3n) is 4.32. The lowest BCUT2D eigenvalue weighted by Crippen LogP contribution is -2.12. The van der Waals surface area contributed by atoms with E-state index in [0.29, 0.717) is 0 Å². The van der Waals surface area contributed by atoms with Crippen molar-refractivity contribution in [1.82, 2.24) is 4.90 Å². The van der Waals surface area contributed by atoms with Crippen LogP contribution in [0.5, 0.6) is 0 Å². The van der Waals surface area contributed by atoms with Crippen LogP contribution in [0.2, 0.25) is 0 Å². The second-order valence-corrected chi connectivity index (χ2v) is 8.09. The Morgan fingerprint density at radius 1 is 0.957 bits per heavy atom. The van der Waals surface area contributed by atoms with E-state index >= 15 is 0 Å². The minimum absolute atomic E-state index is 1.20. The molecule has 0 aromatic rings. The van der Waals surface area contributed by atoms with E-state index < -0.39 is 0 Å². The highest BCUT2D eigenvalue weighted by atomic mass is 32.2. The first kappa shape index (κ1) is 23.0. The highest BCUT2D eigenvalue weighted by Crippen LogP contribution is 2.11. The molecule has 2 nitrogen and oxygen atoms in total. The Kier molecular flexibility index (Phi) is 16.8. The highest BCUT2D eigenvalue weighted by Gasteiger charge is 2.16. The van der Waals surface area contributed by atoms with E-state index in [0.717, 1.165) is 0 Å². The largest absolute Gasteiger partial charge is 0.309 e. The van der Waals surface area contributed by atoms with Crippen molar-refractivity contribution < 1.29 is 4.58 Å². The van der Waals surface area contributed by atoms with Crippen molar-refractivity contribution in [3.63, 3.8) is 0 Å². The molecule has 0 bridgehead atoms. The maximum Gasteiger partial charge on any atom is 0.211 e. The molecule has 0 N–H and O–H groups in total. The van der Waals surface area contributed by atoms with Crippen LogP contribution in [-0.4, -0.2) is 47.5 Å². The highest BCUT2D eigenvalue weighted by molar-refractivity contribution is 8.13. The molecule has 137 valence electrons. The molecular formula is C20H42N2S+. The van der Waals surface area contributed by atoms with Crippen LogP contribution in [0.25, 0.3) is 0 Å². The first-order valence-electron chi connectivity index (χ1n) is 9.79. The third kappa shape index (κ3) is 15.3. The Balaban J connectivity index is 0.000000502. The first-order valence-corrected chi connectivity index (χ1v) is 10.8. The van der Waals surface area contributed by atoms with E-state index in [1.807, 2.05) is 11.8 Å². The van der Waals surface area contributed by atoms with Crippen LogP contribution in [0, 0.1) is 6.54 Å². The zero-order chi connectivity index (χ0) is 17.3. The summed E-state index contributed by atoms with van der Waals surface area (Å²) in [5.74, 6) is 1.26. The number of thioether (sulfide) groups is 1. The van der Waals surface area contributed by atoms with Gasteiger partial charge in [-0.05, 0) is 27.1 Å². The SMILES string of the molecule is CCCCCCCCCCCCN(C)C.C[CH][N+]1=C(C)SCC1. The van der Waals surface area contributed by atoms with Gasteiger partial charge < -0.3 is 4.90 Å². The maximum atomic E-state index is 2.28. The fraction of sp³-hybridized carbons (Fsp3) is 0.900. The normalized spacial score (nSPS) is 14.3. The Morgan fingerprint density at radius 3 is 1.83 bits per heavy atom. The number of nitrogens with zero attached hydrogens (tertiary/aromatic N) is 2. The van der Waals surface area contributed by atoms with Gasteiger partial charge in [-0.25, -0.2) is 4.58 Å². The molecule has 0 amide bonds. The molecule has 0 fully saturated rings. The minimum atomic E-state index is 1.20. The molecule has 1 aliphatic rings. The van der Waals surface area contributed by atoms with Gasteiger partial charge in [0.05, 0.1) is 5.75 Å². The summed E-state index contributed by atoms with van der Waals surface area (Å²) in [6.07, 6.45) is 14.4. The smallest absolute Gasteiger partial charge is 0.211 e. The summed E-state index contributed by atoms with van der Waals surface area (Å²) in [7, 11) is 4.32. The molecule has 1 heterocycles. The van der Waals surface area contributed by atoms with Crippen LogP contribution in [0.1, 0.15) is 85.0 Å². The molecule has 1 radical (unpaired) electrons. The molecule has 0 unspecified atom stereocenters. The number of unbranched alkanes of at least 4 members (excludes halogenated alkanes) is 9. The van der Waals surface area contributed by atoms with Gasteiger partial charge in [0.15, 0.2) is 6.54 Å². The van der Waals surface area contributed by atoms with Crippen LogP contribution in [0.3, 0.4) is 0 Å². The van der Waals surface area contributed by atoms with Crippen molar-refractivity contribution in [3.05, 3.63) is 6.54 Å². The van der Waals surface area contributed by atoms with E-state index in [-0.39, 0.29) is 0 Å². The van der Waals surface area contributed by atoms with E-state index in [4.69, 9.17) is 0 Å². The van der Waals surface area contributed by atoms with Crippen molar-refractivity contribution in [1.29, 1.82) is 0 Å². The third-order valence-corrected chi connectivity index (χ3v) is 5.36. The number of hydrogen-bond acceptors (Lipinski definition) is 2. The van der Waals surface area contributed by atoms with Gasteiger partial charge in [-0.3, -0.25) is 0 Å². The monoisotopic (exact) mass is 342 g/mol. The van der Waals surface area contributed by atoms with Gasteiger partial charge >= 0.3 is 0 Å². The van der Waals surface area contributed by atoms with Gasteiger partial charge in [-0.1, -0.05) is 76.5 Å². The van der Waals surface area contributed by atoms with Gasteiger partial charge in [-0.15, -0.1) is 0 Å². The maximum absolute atomic E-state index is 2.28. The molecule has 23 heavy (non-hydrogen) atoms. The Labute approximate surface area is 151 Å². The van der Waals surface area contributed by atoms with E-state index in [1.165, 1.54) is 88.1 Å². The van der Waals surface area contributed by atoms with Crippen molar-refractivity contribution in [2.45, 2.75) is 85.0 Å². The number of rotatable bonds is 12. The second-order valence-electron chi connectivity index (χ2n) is 6.80. The fourth-order valence-corrected chi connectivity index (χ4v) is 3.70. The average molecular weight is 343 g/mol. The van der Waals surface area contributed by atoms with E-state index in [9.17, 15) is 0 Å². The first-order chi connectivity index (χ1) is 11.1. The zero-order valence-corrected chi connectivity index (χ0v) is 17.4. The van der Waals surface area contributed by atoms with Crippen LogP contribution < -0.4 is 0 Å². The topological polar surface area (TPSA) is 6.25 Å². The molecule has 1 rings (SSSR count). The minimum Gasteiger partial charge on any atom is -0.309 e. The molecule has 0 aromatic carbocycles. The lowest BCUT2D eigenvalue weighted by Gasteiger charge is -2.08. The molecule has 0 saturated carbocycles. The molecule has 0 spiro atoms. The average Bonchev–Trinajstić information content (AvgIpc) is 2.95. The standard InChI is InChI=1S/C14H31N.C6H11NS/c1-4-5-6-7-8-9-10-11-12-13-14-15(2)3;1-3-7-4-5-8-6(7)2/h4-14H2,1-3H3;3H,4-5H2,1-2H3/q;+1. The van der Waals surface area contributed by atoms with Gasteiger partial charge in [0.2, 0.25) is 11.6 Å². The quantitative estimate of drug-likeness (QED) is 0.326. The van der Waals surface area contributed by atoms with Gasteiger partial charge in [-0.2, -0.15) is 0 Å². The molecule has 0 aliphatic carbocycles. The summed E-state index contributed by atoms with van der Waals surface area (Å²) in [6.45, 7) is 11.1. The molecule has 0 atom stereocenters. The lowest BCUT2D eigenvalue weighted by atomic mass is 10.1. The Hall–Kier alpha value is -0.0200. The molecule has 0 aromatic heterocycles.